The maximum atomic E-state index is 4.36. The van der Waals surface area contributed by atoms with Crippen molar-refractivity contribution in [1.82, 2.24) is 4.57 Å². The molecule has 1 aliphatic rings. The normalized spacial score (nSPS) is 14.8. The van der Waals surface area contributed by atoms with E-state index in [0.29, 0.717) is 0 Å². The number of hydrogen-bond acceptors (Lipinski definition) is 1. The van der Waals surface area contributed by atoms with Crippen LogP contribution in [0.4, 0.5) is 0 Å². The number of thiol groups is 1. The van der Waals surface area contributed by atoms with Crippen LogP contribution in [0.5, 0.6) is 0 Å². The average Bonchev–Trinajstić information content (AvgIpc) is 2.58. The van der Waals surface area contributed by atoms with Crippen molar-refractivity contribution in [2.24, 2.45) is 0 Å². The van der Waals surface area contributed by atoms with Crippen molar-refractivity contribution in [3.05, 3.63) is 33.9 Å². The van der Waals surface area contributed by atoms with Gasteiger partial charge >= 0.3 is 0 Å². The molecule has 3 heteroatoms. The van der Waals surface area contributed by atoms with Gasteiger partial charge in [0.2, 0.25) is 0 Å². The van der Waals surface area contributed by atoms with Crippen molar-refractivity contribution in [1.29, 1.82) is 0 Å². The van der Waals surface area contributed by atoms with E-state index in [1.165, 1.54) is 39.3 Å². The van der Waals surface area contributed by atoms with Crippen molar-refractivity contribution in [2.45, 2.75) is 25.1 Å². The smallest absolute Gasteiger partial charge is 0.0524 e. The lowest BCUT2D eigenvalue weighted by molar-refractivity contribution is 0.635. The average molecular weight is 282 g/mol. The molecule has 1 aliphatic heterocycles. The van der Waals surface area contributed by atoms with Crippen molar-refractivity contribution < 1.29 is 0 Å². The van der Waals surface area contributed by atoms with Gasteiger partial charge in [-0.3, -0.25) is 0 Å². The lowest BCUT2D eigenvalue weighted by Crippen LogP contribution is -2.06. The van der Waals surface area contributed by atoms with Crippen LogP contribution in [-0.4, -0.2) is 4.57 Å². The molecular weight excluding hydrogens is 270 g/mol. The summed E-state index contributed by atoms with van der Waals surface area (Å²) in [6, 6.07) is 4.55. The van der Waals surface area contributed by atoms with E-state index in [9.17, 15) is 0 Å². The van der Waals surface area contributed by atoms with Gasteiger partial charge in [0, 0.05) is 28.4 Å². The predicted octanol–water partition coefficient (Wildman–Crippen LogP) is 3.78. The molecule has 1 aromatic carbocycles. The quantitative estimate of drug-likeness (QED) is 0.760. The molecule has 0 unspecified atom stereocenters. The number of benzene rings is 1. The van der Waals surface area contributed by atoms with Gasteiger partial charge in [0.25, 0.3) is 0 Å². The fraction of sp³-hybridized carbons (Fsp3) is 0.333. The van der Waals surface area contributed by atoms with Gasteiger partial charge in [-0.2, -0.15) is 12.6 Å². The maximum absolute atomic E-state index is 4.36. The molecule has 0 fully saturated rings. The fourth-order valence-electron chi connectivity index (χ4n) is 2.45. The molecule has 3 rings (SSSR count). The summed E-state index contributed by atoms with van der Waals surface area (Å²) < 4.78 is 3.57. The molecule has 2 aromatic rings. The topological polar surface area (TPSA) is 4.93 Å². The van der Waals surface area contributed by atoms with Crippen LogP contribution in [0.1, 0.15) is 17.5 Å². The summed E-state index contributed by atoms with van der Waals surface area (Å²) in [6.45, 7) is 1.15. The molecule has 0 radical (unpaired) electrons. The molecule has 0 N–H and O–H groups in total. The Kier molecular flexibility index (Phi) is 2.33. The Labute approximate surface area is 103 Å². The van der Waals surface area contributed by atoms with Crippen molar-refractivity contribution >= 4 is 39.5 Å². The first kappa shape index (κ1) is 9.79. The van der Waals surface area contributed by atoms with Crippen LogP contribution in [0, 0.1) is 0 Å². The van der Waals surface area contributed by atoms with Gasteiger partial charge in [0.05, 0.1) is 5.52 Å². The van der Waals surface area contributed by atoms with Crippen LogP contribution < -0.4 is 0 Å². The van der Waals surface area contributed by atoms with E-state index in [4.69, 9.17) is 0 Å². The van der Waals surface area contributed by atoms with E-state index >= 15 is 0 Å². The third kappa shape index (κ3) is 1.44. The molecule has 0 saturated carbocycles. The Bertz CT molecular complexity index is 530. The summed E-state index contributed by atoms with van der Waals surface area (Å²) in [7, 11) is 0. The van der Waals surface area contributed by atoms with Crippen molar-refractivity contribution in [2.75, 3.05) is 0 Å². The summed E-state index contributed by atoms with van der Waals surface area (Å²) in [6.07, 6.45) is 4.66. The van der Waals surface area contributed by atoms with Gasteiger partial charge in [-0.15, -0.1) is 0 Å². The molecule has 0 atom stereocenters. The first-order valence-electron chi connectivity index (χ1n) is 5.20. The zero-order chi connectivity index (χ0) is 10.4. The fourth-order valence-corrected chi connectivity index (χ4v) is 3.18. The van der Waals surface area contributed by atoms with E-state index in [0.717, 1.165) is 12.3 Å². The molecule has 1 nitrogen and oxygen atoms in total. The Morgan fingerprint density at radius 3 is 3.07 bits per heavy atom. The Hall–Kier alpha value is -0.410. The molecule has 0 amide bonds. The third-order valence-corrected chi connectivity index (χ3v) is 4.09. The second kappa shape index (κ2) is 3.56. The second-order valence-electron chi connectivity index (χ2n) is 4.08. The van der Waals surface area contributed by atoms with E-state index in [1.807, 2.05) is 0 Å². The van der Waals surface area contributed by atoms with Crippen LogP contribution in [0.25, 0.3) is 10.9 Å². The number of aryl methyl sites for hydroxylation is 2. The summed E-state index contributed by atoms with van der Waals surface area (Å²) in [5.41, 5.74) is 4.22. The highest BCUT2D eigenvalue weighted by Crippen LogP contribution is 2.33. The minimum absolute atomic E-state index is 0.820. The number of nitrogens with zero attached hydrogens (tertiary/aromatic N) is 1. The van der Waals surface area contributed by atoms with Gasteiger partial charge in [-0.1, -0.05) is 6.07 Å². The summed E-state index contributed by atoms with van der Waals surface area (Å²) >= 11 is 8.00. The SMILES string of the molecule is SCc1cc2c3c(c1)c(Br)cn3CCC2. The molecule has 15 heavy (non-hydrogen) atoms. The van der Waals surface area contributed by atoms with E-state index < -0.39 is 0 Å². The van der Waals surface area contributed by atoms with Crippen LogP contribution in [0.15, 0.2) is 22.8 Å². The minimum atomic E-state index is 0.820. The standard InChI is InChI=1S/C12H12BrNS/c13-11-6-14-3-1-2-9-4-8(7-15)5-10(11)12(9)14/h4-6,15H,1-3,7H2. The van der Waals surface area contributed by atoms with Gasteiger partial charge in [0.1, 0.15) is 0 Å². The monoisotopic (exact) mass is 281 g/mol. The number of rotatable bonds is 1. The molecule has 2 heterocycles. The highest BCUT2D eigenvalue weighted by atomic mass is 79.9. The highest BCUT2D eigenvalue weighted by molar-refractivity contribution is 9.10. The third-order valence-electron chi connectivity index (χ3n) is 3.09. The number of aromatic nitrogens is 1. The molecule has 0 aliphatic carbocycles. The zero-order valence-electron chi connectivity index (χ0n) is 8.33. The van der Waals surface area contributed by atoms with Gasteiger partial charge in [0.15, 0.2) is 0 Å². The summed E-state index contributed by atoms with van der Waals surface area (Å²) in [4.78, 5) is 0. The molecule has 0 spiro atoms. The predicted molar refractivity (Wildman–Crippen MR) is 70.6 cm³/mol. The maximum Gasteiger partial charge on any atom is 0.0524 e. The van der Waals surface area contributed by atoms with Crippen LogP contribution in [0.2, 0.25) is 0 Å². The zero-order valence-corrected chi connectivity index (χ0v) is 10.8. The summed E-state index contributed by atoms with van der Waals surface area (Å²) in [5, 5.41) is 1.34. The second-order valence-corrected chi connectivity index (χ2v) is 5.25. The molecule has 78 valence electrons. The Morgan fingerprint density at radius 1 is 1.40 bits per heavy atom. The molecule has 0 saturated heterocycles. The van der Waals surface area contributed by atoms with Gasteiger partial charge < -0.3 is 4.57 Å². The molecular formula is C12H12BrNS. The Balaban J connectivity index is 2.40. The van der Waals surface area contributed by atoms with Gasteiger partial charge in [-0.25, -0.2) is 0 Å². The van der Waals surface area contributed by atoms with Crippen LogP contribution in [-0.2, 0) is 18.7 Å². The lowest BCUT2D eigenvalue weighted by atomic mass is 10.0. The first-order valence-corrected chi connectivity index (χ1v) is 6.63. The minimum Gasteiger partial charge on any atom is -0.346 e. The number of halogens is 1. The first-order chi connectivity index (χ1) is 7.29. The largest absolute Gasteiger partial charge is 0.346 e. The number of hydrogen-bond donors (Lipinski definition) is 1. The van der Waals surface area contributed by atoms with Crippen molar-refractivity contribution in [3.8, 4) is 0 Å². The summed E-state index contributed by atoms with van der Waals surface area (Å²) in [5.74, 6) is 0.820. The van der Waals surface area contributed by atoms with E-state index in [2.05, 4.69) is 51.5 Å². The molecule has 0 bridgehead atoms. The van der Waals surface area contributed by atoms with E-state index in [-0.39, 0.29) is 0 Å². The van der Waals surface area contributed by atoms with Crippen LogP contribution in [0.3, 0.4) is 0 Å². The van der Waals surface area contributed by atoms with Crippen LogP contribution >= 0.6 is 28.6 Å². The highest BCUT2D eigenvalue weighted by Gasteiger charge is 2.15. The molecule has 1 aromatic heterocycles. The van der Waals surface area contributed by atoms with E-state index in [1.54, 1.807) is 0 Å². The van der Waals surface area contributed by atoms with Gasteiger partial charge in [-0.05, 0) is 46.0 Å². The lowest BCUT2D eigenvalue weighted by Gasteiger charge is -2.16. The Morgan fingerprint density at radius 2 is 2.27 bits per heavy atom. The van der Waals surface area contributed by atoms with Crippen molar-refractivity contribution in [3.63, 3.8) is 0 Å².